The Balaban J connectivity index is 1.99. The van der Waals surface area contributed by atoms with Gasteiger partial charge in [-0.05, 0) is 47.0 Å². The summed E-state index contributed by atoms with van der Waals surface area (Å²) in [4.78, 5) is 27.7. The van der Waals surface area contributed by atoms with Gasteiger partial charge in [-0.15, -0.1) is 0 Å². The Hall–Kier alpha value is -2.51. The monoisotopic (exact) mass is 557 g/mol. The standard InChI is InChI=1S/C25H14Cl4F3NO2/c26-18-8-4-3-7-17(18)22(33-23(34)15-5-1-2-6-16(15)24(33)35)14(9-10-25(30,31)32)13-11-19(27)21(29)20(28)12-13/h1-9,11-12,22H,10H2/b14-9+. The third-order valence-electron chi connectivity index (χ3n) is 5.45. The second-order valence-corrected chi connectivity index (χ2v) is 9.28. The smallest absolute Gasteiger partial charge is 0.269 e. The van der Waals surface area contributed by atoms with Gasteiger partial charge in [0.05, 0.1) is 38.7 Å². The number of rotatable bonds is 5. The van der Waals surface area contributed by atoms with Crippen LogP contribution in [0.15, 0.2) is 66.7 Å². The molecule has 0 N–H and O–H groups in total. The summed E-state index contributed by atoms with van der Waals surface area (Å²) in [6.07, 6.45) is -5.02. The topological polar surface area (TPSA) is 37.4 Å². The van der Waals surface area contributed by atoms with Gasteiger partial charge in [-0.2, -0.15) is 13.2 Å². The summed E-state index contributed by atoms with van der Waals surface area (Å²) in [5.74, 6) is -1.33. The van der Waals surface area contributed by atoms with E-state index in [4.69, 9.17) is 46.4 Å². The number of imide groups is 1. The first-order valence-corrected chi connectivity index (χ1v) is 11.6. The van der Waals surface area contributed by atoms with Gasteiger partial charge >= 0.3 is 6.18 Å². The van der Waals surface area contributed by atoms with Crippen molar-refractivity contribution in [3.8, 4) is 0 Å². The van der Waals surface area contributed by atoms with E-state index in [1.165, 1.54) is 36.4 Å². The predicted molar refractivity (Wildman–Crippen MR) is 131 cm³/mol. The Morgan fingerprint density at radius 3 is 1.86 bits per heavy atom. The highest BCUT2D eigenvalue weighted by atomic mass is 35.5. The number of amides is 2. The Morgan fingerprint density at radius 2 is 1.34 bits per heavy atom. The maximum Gasteiger partial charge on any atom is 0.392 e. The van der Waals surface area contributed by atoms with Crippen LogP contribution in [-0.2, 0) is 0 Å². The van der Waals surface area contributed by atoms with E-state index in [9.17, 15) is 22.8 Å². The van der Waals surface area contributed by atoms with E-state index in [0.29, 0.717) is 0 Å². The predicted octanol–water partition coefficient (Wildman–Crippen LogP) is 8.67. The molecule has 0 saturated heterocycles. The van der Waals surface area contributed by atoms with Gasteiger partial charge < -0.3 is 0 Å². The van der Waals surface area contributed by atoms with Crippen LogP contribution in [0, 0.1) is 0 Å². The first-order chi connectivity index (χ1) is 16.5. The zero-order valence-electron chi connectivity index (χ0n) is 17.5. The van der Waals surface area contributed by atoms with Crippen molar-refractivity contribution in [2.24, 2.45) is 0 Å². The fourth-order valence-corrected chi connectivity index (χ4v) is 4.76. The SMILES string of the molecule is O=C1c2ccccc2C(=O)N1C(/C(=C/CC(F)(F)F)c1cc(Cl)c(Cl)c(Cl)c1)c1ccccc1Cl. The van der Waals surface area contributed by atoms with Crippen molar-refractivity contribution < 1.29 is 22.8 Å². The van der Waals surface area contributed by atoms with Crippen molar-refractivity contribution in [2.75, 3.05) is 0 Å². The summed E-state index contributed by atoms with van der Waals surface area (Å²) in [7, 11) is 0. The molecule has 10 heteroatoms. The lowest BCUT2D eigenvalue weighted by molar-refractivity contribution is -0.124. The van der Waals surface area contributed by atoms with E-state index in [1.54, 1.807) is 24.3 Å². The van der Waals surface area contributed by atoms with Crippen LogP contribution in [0.5, 0.6) is 0 Å². The first-order valence-electron chi connectivity index (χ1n) is 10.1. The molecule has 3 nitrogen and oxygen atoms in total. The van der Waals surface area contributed by atoms with Crippen LogP contribution in [0.2, 0.25) is 20.1 Å². The van der Waals surface area contributed by atoms with Gasteiger partial charge in [0.1, 0.15) is 0 Å². The molecule has 1 atom stereocenters. The van der Waals surface area contributed by atoms with Crippen LogP contribution < -0.4 is 0 Å². The number of fused-ring (bicyclic) bond motifs is 1. The molecule has 0 radical (unpaired) electrons. The molecule has 3 aromatic carbocycles. The van der Waals surface area contributed by atoms with Crippen LogP contribution in [0.4, 0.5) is 13.2 Å². The second-order valence-electron chi connectivity index (χ2n) is 7.68. The third kappa shape index (κ3) is 5.07. The zero-order chi connectivity index (χ0) is 25.5. The maximum absolute atomic E-state index is 13.4. The molecular weight excluding hydrogens is 545 g/mol. The molecule has 1 aliphatic heterocycles. The zero-order valence-corrected chi connectivity index (χ0v) is 20.6. The molecule has 2 amide bonds. The van der Waals surface area contributed by atoms with E-state index in [0.717, 1.165) is 11.0 Å². The quantitative estimate of drug-likeness (QED) is 0.232. The normalized spacial score (nSPS) is 14.9. The van der Waals surface area contributed by atoms with Crippen molar-refractivity contribution in [3.63, 3.8) is 0 Å². The number of benzene rings is 3. The van der Waals surface area contributed by atoms with Crippen LogP contribution in [0.3, 0.4) is 0 Å². The summed E-state index contributed by atoms with van der Waals surface area (Å²) >= 11 is 24.9. The average Bonchev–Trinajstić information content (AvgIpc) is 3.05. The number of halogens is 7. The molecule has 0 bridgehead atoms. The Kier molecular flexibility index (Phi) is 7.21. The van der Waals surface area contributed by atoms with Crippen LogP contribution in [-0.4, -0.2) is 22.9 Å². The molecule has 0 spiro atoms. The van der Waals surface area contributed by atoms with Crippen LogP contribution in [0.1, 0.15) is 44.3 Å². The van der Waals surface area contributed by atoms with Gasteiger partial charge in [-0.3, -0.25) is 14.5 Å². The Labute approximate surface area is 218 Å². The van der Waals surface area contributed by atoms with Crippen molar-refractivity contribution in [1.82, 2.24) is 4.90 Å². The fraction of sp³-hybridized carbons (Fsp3) is 0.120. The van der Waals surface area contributed by atoms with Crippen LogP contribution >= 0.6 is 46.4 Å². The van der Waals surface area contributed by atoms with Gasteiger partial charge in [0.25, 0.3) is 11.8 Å². The van der Waals surface area contributed by atoms with Crippen molar-refractivity contribution in [2.45, 2.75) is 18.6 Å². The summed E-state index contributed by atoms with van der Waals surface area (Å²) in [5, 5.41) is 0.153. The molecule has 0 fully saturated rings. The highest BCUT2D eigenvalue weighted by molar-refractivity contribution is 6.48. The lowest BCUT2D eigenvalue weighted by atomic mass is 9.90. The molecule has 35 heavy (non-hydrogen) atoms. The lowest BCUT2D eigenvalue weighted by Crippen LogP contribution is -2.35. The van der Waals surface area contributed by atoms with Gasteiger partial charge in [-0.1, -0.05) is 82.8 Å². The number of nitrogens with zero attached hydrogens (tertiary/aromatic N) is 1. The third-order valence-corrected chi connectivity index (χ3v) is 6.99. The number of alkyl halides is 3. The summed E-state index contributed by atoms with van der Waals surface area (Å²) in [6, 6.07) is 13.8. The number of carbonyl (C=O) groups is 2. The Morgan fingerprint density at radius 1 is 0.829 bits per heavy atom. The summed E-state index contributed by atoms with van der Waals surface area (Å²) < 4.78 is 40.1. The van der Waals surface area contributed by atoms with E-state index in [2.05, 4.69) is 0 Å². The van der Waals surface area contributed by atoms with E-state index in [-0.39, 0.29) is 47.9 Å². The van der Waals surface area contributed by atoms with Crippen molar-refractivity contribution >= 4 is 63.8 Å². The molecule has 4 rings (SSSR count). The maximum atomic E-state index is 13.4. The molecule has 3 aromatic rings. The summed E-state index contributed by atoms with van der Waals surface area (Å²) in [5.41, 5.74) is 0.633. The van der Waals surface area contributed by atoms with Crippen LogP contribution in [0.25, 0.3) is 5.57 Å². The number of allylic oxidation sites excluding steroid dienone is 1. The van der Waals surface area contributed by atoms with Gasteiger partial charge in [-0.25, -0.2) is 0 Å². The van der Waals surface area contributed by atoms with Crippen molar-refractivity contribution in [1.29, 1.82) is 0 Å². The molecule has 1 heterocycles. The van der Waals surface area contributed by atoms with Gasteiger partial charge in [0, 0.05) is 5.02 Å². The van der Waals surface area contributed by atoms with Crippen molar-refractivity contribution in [3.05, 3.63) is 109 Å². The largest absolute Gasteiger partial charge is 0.392 e. The average molecular weight is 559 g/mol. The molecule has 0 saturated carbocycles. The molecule has 0 aliphatic carbocycles. The summed E-state index contributed by atoms with van der Waals surface area (Å²) in [6.45, 7) is 0. The van der Waals surface area contributed by atoms with E-state index < -0.39 is 30.5 Å². The van der Waals surface area contributed by atoms with E-state index >= 15 is 0 Å². The first kappa shape index (κ1) is 25.6. The lowest BCUT2D eigenvalue weighted by Gasteiger charge is -2.30. The molecule has 1 aliphatic rings. The van der Waals surface area contributed by atoms with E-state index in [1.807, 2.05) is 0 Å². The minimum atomic E-state index is -4.57. The second kappa shape index (κ2) is 9.86. The fourth-order valence-electron chi connectivity index (χ4n) is 3.92. The molecule has 0 aromatic heterocycles. The molecular formula is C25H14Cl4F3NO2. The number of carbonyl (C=O) groups excluding carboxylic acids is 2. The van der Waals surface area contributed by atoms with Gasteiger partial charge in [0.2, 0.25) is 0 Å². The molecule has 180 valence electrons. The Bertz CT molecular complexity index is 1310. The number of hydrogen-bond acceptors (Lipinski definition) is 2. The molecule has 1 unspecified atom stereocenters. The minimum Gasteiger partial charge on any atom is -0.269 e. The number of hydrogen-bond donors (Lipinski definition) is 0. The highest BCUT2D eigenvalue weighted by Gasteiger charge is 2.43. The highest BCUT2D eigenvalue weighted by Crippen LogP contribution is 2.45. The minimum absolute atomic E-state index is 0.00709. The van der Waals surface area contributed by atoms with Gasteiger partial charge in [0.15, 0.2) is 0 Å².